The van der Waals surface area contributed by atoms with E-state index in [1.807, 2.05) is 24.7 Å². The standard InChI is InChI=1S/C17H22FN3/c1-13(14-3-5-15(18)6-4-14)21-12-20-11-16(21)17(2)7-9-19-10-8-17/h3-6,11-13,19H,7-10H2,1-2H3. The smallest absolute Gasteiger partial charge is 0.123 e. The predicted molar refractivity (Wildman–Crippen MR) is 81.9 cm³/mol. The fourth-order valence-electron chi connectivity index (χ4n) is 3.22. The highest BCUT2D eigenvalue weighted by Crippen LogP contribution is 2.35. The molecule has 0 saturated carbocycles. The zero-order chi connectivity index (χ0) is 14.9. The average Bonchev–Trinajstić information content (AvgIpc) is 2.98. The lowest BCUT2D eigenvalue weighted by molar-refractivity contribution is 0.314. The first-order valence-corrected chi connectivity index (χ1v) is 7.59. The summed E-state index contributed by atoms with van der Waals surface area (Å²) >= 11 is 0. The van der Waals surface area contributed by atoms with Crippen molar-refractivity contribution in [2.24, 2.45) is 0 Å². The Kier molecular flexibility index (Phi) is 3.81. The summed E-state index contributed by atoms with van der Waals surface area (Å²) in [5.74, 6) is -0.192. The summed E-state index contributed by atoms with van der Waals surface area (Å²) in [5.41, 5.74) is 2.55. The van der Waals surface area contributed by atoms with Crippen molar-refractivity contribution in [2.45, 2.75) is 38.1 Å². The lowest BCUT2D eigenvalue weighted by atomic mass is 9.78. The molecule has 3 nitrogen and oxygen atoms in total. The van der Waals surface area contributed by atoms with Crippen molar-refractivity contribution < 1.29 is 4.39 Å². The van der Waals surface area contributed by atoms with Gasteiger partial charge in [-0.1, -0.05) is 19.1 Å². The van der Waals surface area contributed by atoms with Crippen molar-refractivity contribution in [3.8, 4) is 0 Å². The first-order valence-electron chi connectivity index (χ1n) is 7.59. The Balaban J connectivity index is 1.93. The Bertz CT molecular complexity index is 597. The van der Waals surface area contributed by atoms with E-state index in [9.17, 15) is 4.39 Å². The number of nitrogens with zero attached hydrogens (tertiary/aromatic N) is 2. The molecule has 1 aromatic carbocycles. The molecule has 0 bridgehead atoms. The molecule has 4 heteroatoms. The van der Waals surface area contributed by atoms with Crippen LogP contribution in [0.5, 0.6) is 0 Å². The highest BCUT2D eigenvalue weighted by molar-refractivity contribution is 5.24. The molecule has 1 aromatic heterocycles. The molecule has 1 aliphatic rings. The van der Waals surface area contributed by atoms with Crippen LogP contribution < -0.4 is 5.32 Å². The normalized spacial score (nSPS) is 19.4. The van der Waals surface area contributed by atoms with Crippen LogP contribution in [0.4, 0.5) is 4.39 Å². The van der Waals surface area contributed by atoms with Crippen molar-refractivity contribution >= 4 is 0 Å². The van der Waals surface area contributed by atoms with Crippen LogP contribution in [0.15, 0.2) is 36.8 Å². The molecule has 1 aliphatic heterocycles. The summed E-state index contributed by atoms with van der Waals surface area (Å²) in [5, 5.41) is 3.42. The number of hydrogen-bond donors (Lipinski definition) is 1. The molecule has 0 aliphatic carbocycles. The summed E-state index contributed by atoms with van der Waals surface area (Å²) in [4.78, 5) is 4.38. The van der Waals surface area contributed by atoms with Gasteiger partial charge in [0.05, 0.1) is 12.4 Å². The van der Waals surface area contributed by atoms with Gasteiger partial charge in [-0.05, 0) is 50.6 Å². The van der Waals surface area contributed by atoms with Crippen molar-refractivity contribution in [1.29, 1.82) is 0 Å². The minimum Gasteiger partial charge on any atom is -0.327 e. The van der Waals surface area contributed by atoms with Gasteiger partial charge < -0.3 is 9.88 Å². The number of halogens is 1. The Morgan fingerprint density at radius 2 is 1.90 bits per heavy atom. The SMILES string of the molecule is CC(c1ccc(F)cc1)n1cncc1C1(C)CCNCC1. The Morgan fingerprint density at radius 3 is 2.57 bits per heavy atom. The maximum atomic E-state index is 13.1. The monoisotopic (exact) mass is 287 g/mol. The zero-order valence-electron chi connectivity index (χ0n) is 12.6. The molecule has 2 aromatic rings. The van der Waals surface area contributed by atoms with Crippen LogP contribution in [0.1, 0.15) is 44.0 Å². The molecule has 1 unspecified atom stereocenters. The van der Waals surface area contributed by atoms with E-state index in [1.54, 1.807) is 0 Å². The molecular formula is C17H22FN3. The Morgan fingerprint density at radius 1 is 1.24 bits per heavy atom. The van der Waals surface area contributed by atoms with E-state index in [2.05, 4.69) is 28.7 Å². The number of rotatable bonds is 3. The van der Waals surface area contributed by atoms with Crippen molar-refractivity contribution in [3.63, 3.8) is 0 Å². The third-order valence-electron chi connectivity index (χ3n) is 4.76. The van der Waals surface area contributed by atoms with Gasteiger partial charge in [0, 0.05) is 17.3 Å². The van der Waals surface area contributed by atoms with Gasteiger partial charge >= 0.3 is 0 Å². The predicted octanol–water partition coefficient (Wildman–Crippen LogP) is 3.27. The summed E-state index contributed by atoms with van der Waals surface area (Å²) < 4.78 is 15.3. The topological polar surface area (TPSA) is 29.9 Å². The number of benzene rings is 1. The first-order chi connectivity index (χ1) is 10.1. The zero-order valence-corrected chi connectivity index (χ0v) is 12.6. The first kappa shape index (κ1) is 14.3. The minimum absolute atomic E-state index is 0.162. The van der Waals surface area contributed by atoms with Crippen LogP contribution in [0.25, 0.3) is 0 Å². The number of aromatic nitrogens is 2. The number of nitrogens with one attached hydrogen (secondary N) is 1. The van der Waals surface area contributed by atoms with E-state index in [0.29, 0.717) is 0 Å². The van der Waals surface area contributed by atoms with E-state index in [0.717, 1.165) is 31.5 Å². The van der Waals surface area contributed by atoms with E-state index in [1.165, 1.54) is 17.8 Å². The third-order valence-corrected chi connectivity index (χ3v) is 4.76. The molecule has 1 fully saturated rings. The van der Waals surface area contributed by atoms with Gasteiger partial charge in [0.1, 0.15) is 5.82 Å². The maximum Gasteiger partial charge on any atom is 0.123 e. The summed E-state index contributed by atoms with van der Waals surface area (Å²) in [6, 6.07) is 6.92. The Hall–Kier alpha value is -1.68. The van der Waals surface area contributed by atoms with Crippen molar-refractivity contribution in [3.05, 3.63) is 53.9 Å². The molecule has 1 saturated heterocycles. The van der Waals surface area contributed by atoms with Crippen LogP contribution in [-0.2, 0) is 5.41 Å². The lowest BCUT2D eigenvalue weighted by Gasteiger charge is -2.35. The highest BCUT2D eigenvalue weighted by atomic mass is 19.1. The second kappa shape index (κ2) is 5.60. The molecule has 2 heterocycles. The fraction of sp³-hybridized carbons (Fsp3) is 0.471. The van der Waals surface area contributed by atoms with Crippen LogP contribution in [0, 0.1) is 5.82 Å². The van der Waals surface area contributed by atoms with E-state index in [-0.39, 0.29) is 17.3 Å². The molecule has 112 valence electrons. The van der Waals surface area contributed by atoms with E-state index < -0.39 is 0 Å². The fourth-order valence-corrected chi connectivity index (χ4v) is 3.22. The Labute approximate surface area is 125 Å². The maximum absolute atomic E-state index is 13.1. The molecule has 3 rings (SSSR count). The van der Waals surface area contributed by atoms with E-state index in [4.69, 9.17) is 0 Å². The molecule has 1 N–H and O–H groups in total. The van der Waals surface area contributed by atoms with Gasteiger partial charge in [-0.25, -0.2) is 9.37 Å². The van der Waals surface area contributed by atoms with Gasteiger partial charge in [-0.3, -0.25) is 0 Å². The molecule has 0 radical (unpaired) electrons. The molecule has 21 heavy (non-hydrogen) atoms. The quantitative estimate of drug-likeness (QED) is 0.939. The molecule has 0 spiro atoms. The van der Waals surface area contributed by atoms with Gasteiger partial charge in [0.2, 0.25) is 0 Å². The second-order valence-corrected chi connectivity index (χ2v) is 6.22. The summed E-state index contributed by atoms with van der Waals surface area (Å²) in [6.07, 6.45) is 6.13. The van der Waals surface area contributed by atoms with Gasteiger partial charge in [-0.15, -0.1) is 0 Å². The van der Waals surface area contributed by atoms with Crippen LogP contribution in [0.3, 0.4) is 0 Å². The average molecular weight is 287 g/mol. The minimum atomic E-state index is -0.192. The second-order valence-electron chi connectivity index (χ2n) is 6.22. The highest BCUT2D eigenvalue weighted by Gasteiger charge is 2.32. The number of hydrogen-bond acceptors (Lipinski definition) is 2. The number of imidazole rings is 1. The van der Waals surface area contributed by atoms with Crippen molar-refractivity contribution in [2.75, 3.05) is 13.1 Å². The van der Waals surface area contributed by atoms with Crippen LogP contribution >= 0.6 is 0 Å². The number of piperidine rings is 1. The molecule has 0 amide bonds. The van der Waals surface area contributed by atoms with Crippen LogP contribution in [0.2, 0.25) is 0 Å². The third kappa shape index (κ3) is 2.72. The van der Waals surface area contributed by atoms with Crippen LogP contribution in [-0.4, -0.2) is 22.6 Å². The molecular weight excluding hydrogens is 265 g/mol. The van der Waals surface area contributed by atoms with E-state index >= 15 is 0 Å². The summed E-state index contributed by atoms with van der Waals surface area (Å²) in [6.45, 7) is 6.56. The lowest BCUT2D eigenvalue weighted by Crippen LogP contribution is -2.39. The summed E-state index contributed by atoms with van der Waals surface area (Å²) in [7, 11) is 0. The van der Waals surface area contributed by atoms with Crippen molar-refractivity contribution in [1.82, 2.24) is 14.9 Å². The van der Waals surface area contributed by atoms with Gasteiger partial charge in [-0.2, -0.15) is 0 Å². The molecule has 1 atom stereocenters. The largest absolute Gasteiger partial charge is 0.327 e. The van der Waals surface area contributed by atoms with Gasteiger partial charge in [0.25, 0.3) is 0 Å². The van der Waals surface area contributed by atoms with Gasteiger partial charge in [0.15, 0.2) is 0 Å².